The minimum atomic E-state index is -0.248. The van der Waals surface area contributed by atoms with Crippen molar-refractivity contribution in [3.05, 3.63) is 28.8 Å². The van der Waals surface area contributed by atoms with Crippen LogP contribution in [0, 0.1) is 13.8 Å². The van der Waals surface area contributed by atoms with Gasteiger partial charge in [0.05, 0.1) is 6.54 Å². The van der Waals surface area contributed by atoms with Crippen molar-refractivity contribution in [1.82, 2.24) is 10.2 Å². The second-order valence-corrected chi connectivity index (χ2v) is 5.29. The van der Waals surface area contributed by atoms with Crippen LogP contribution < -0.4 is 11.1 Å². The number of anilines is 1. The number of carbonyl (C=O) groups excluding carboxylic acids is 2. The number of benzene rings is 1. The third kappa shape index (κ3) is 3.10. The molecule has 0 aliphatic carbocycles. The molecule has 0 spiro atoms. The van der Waals surface area contributed by atoms with E-state index in [1.807, 2.05) is 19.9 Å². The fourth-order valence-electron chi connectivity index (χ4n) is 2.44. The largest absolute Gasteiger partial charge is 0.398 e. The lowest BCUT2D eigenvalue weighted by Crippen LogP contribution is -2.38. The number of aryl methyl sites for hydroxylation is 2. The standard InChI is InChI=1S/C15H21N3O2/c1-10-7-11(2)13(16)8-12(10)15(20)17-9-14(19)18-5-3-4-6-18/h7-8H,3-6,9,16H2,1-2H3,(H,17,20). The van der Waals surface area contributed by atoms with E-state index in [1.54, 1.807) is 11.0 Å². The number of nitrogens with one attached hydrogen (secondary N) is 1. The molecule has 0 atom stereocenters. The molecule has 0 bridgehead atoms. The Balaban J connectivity index is 1.98. The topological polar surface area (TPSA) is 75.4 Å². The predicted molar refractivity (Wildman–Crippen MR) is 78.5 cm³/mol. The number of rotatable bonds is 3. The summed E-state index contributed by atoms with van der Waals surface area (Å²) in [6, 6.07) is 3.55. The van der Waals surface area contributed by atoms with Gasteiger partial charge in [0.25, 0.3) is 5.91 Å². The van der Waals surface area contributed by atoms with Gasteiger partial charge in [-0.2, -0.15) is 0 Å². The maximum absolute atomic E-state index is 12.1. The molecule has 1 fully saturated rings. The Morgan fingerprint density at radius 1 is 1.20 bits per heavy atom. The van der Waals surface area contributed by atoms with Gasteiger partial charge in [-0.15, -0.1) is 0 Å². The van der Waals surface area contributed by atoms with E-state index in [4.69, 9.17) is 5.73 Å². The third-order valence-corrected chi connectivity index (χ3v) is 3.72. The molecule has 5 nitrogen and oxygen atoms in total. The molecule has 108 valence electrons. The van der Waals surface area contributed by atoms with Gasteiger partial charge in [0.2, 0.25) is 5.91 Å². The van der Waals surface area contributed by atoms with E-state index in [9.17, 15) is 9.59 Å². The van der Waals surface area contributed by atoms with Crippen LogP contribution in [0.3, 0.4) is 0 Å². The average Bonchev–Trinajstić information content (AvgIpc) is 2.94. The lowest BCUT2D eigenvalue weighted by Gasteiger charge is -2.16. The number of nitrogens with two attached hydrogens (primary N) is 1. The molecular weight excluding hydrogens is 254 g/mol. The number of hydrogen-bond acceptors (Lipinski definition) is 3. The normalized spacial score (nSPS) is 14.4. The highest BCUT2D eigenvalue weighted by atomic mass is 16.2. The molecule has 3 N–H and O–H groups in total. The first-order valence-electron chi connectivity index (χ1n) is 6.91. The molecule has 1 aromatic carbocycles. The van der Waals surface area contributed by atoms with E-state index in [0.29, 0.717) is 11.3 Å². The molecule has 1 saturated heterocycles. The molecule has 1 heterocycles. The Labute approximate surface area is 119 Å². The summed E-state index contributed by atoms with van der Waals surface area (Å²) in [5.74, 6) is -0.268. The van der Waals surface area contributed by atoms with Gasteiger partial charge in [0.1, 0.15) is 0 Å². The number of carbonyl (C=O) groups is 2. The number of nitrogen functional groups attached to an aromatic ring is 1. The van der Waals surface area contributed by atoms with Crippen LogP contribution >= 0.6 is 0 Å². The second-order valence-electron chi connectivity index (χ2n) is 5.29. The zero-order chi connectivity index (χ0) is 14.7. The van der Waals surface area contributed by atoms with Gasteiger partial charge in [-0.25, -0.2) is 0 Å². The molecule has 0 saturated carbocycles. The summed E-state index contributed by atoms with van der Waals surface area (Å²) in [6.45, 7) is 5.41. The zero-order valence-corrected chi connectivity index (χ0v) is 12.0. The van der Waals surface area contributed by atoms with E-state index in [2.05, 4.69) is 5.32 Å². The average molecular weight is 275 g/mol. The molecule has 2 rings (SSSR count). The van der Waals surface area contributed by atoms with Crippen LogP contribution in [0.2, 0.25) is 0 Å². The lowest BCUT2D eigenvalue weighted by atomic mass is 10.0. The van der Waals surface area contributed by atoms with Crippen molar-refractivity contribution in [2.45, 2.75) is 26.7 Å². The molecule has 0 aromatic heterocycles. The van der Waals surface area contributed by atoms with Crippen LogP contribution in [-0.4, -0.2) is 36.3 Å². The second kappa shape index (κ2) is 5.94. The summed E-state index contributed by atoms with van der Waals surface area (Å²) in [5.41, 5.74) is 8.76. The highest BCUT2D eigenvalue weighted by Crippen LogP contribution is 2.17. The van der Waals surface area contributed by atoms with E-state index in [1.165, 1.54) is 0 Å². The fraction of sp³-hybridized carbons (Fsp3) is 0.467. The van der Waals surface area contributed by atoms with Crippen molar-refractivity contribution in [2.75, 3.05) is 25.4 Å². The Hall–Kier alpha value is -2.04. The SMILES string of the molecule is Cc1cc(C)c(C(=O)NCC(=O)N2CCCC2)cc1N. The van der Waals surface area contributed by atoms with Crippen molar-refractivity contribution in [3.63, 3.8) is 0 Å². The minimum absolute atomic E-state index is 0.0198. The van der Waals surface area contributed by atoms with Gasteiger partial charge in [0.15, 0.2) is 0 Å². The molecule has 1 aliphatic rings. The van der Waals surface area contributed by atoms with Gasteiger partial charge in [-0.05, 0) is 43.9 Å². The van der Waals surface area contributed by atoms with Crippen molar-refractivity contribution in [1.29, 1.82) is 0 Å². The Kier molecular flexibility index (Phi) is 4.27. The summed E-state index contributed by atoms with van der Waals surface area (Å²) in [7, 11) is 0. The van der Waals surface area contributed by atoms with Crippen LogP contribution in [-0.2, 0) is 4.79 Å². The summed E-state index contributed by atoms with van der Waals surface area (Å²) in [4.78, 5) is 25.8. The van der Waals surface area contributed by atoms with Crippen molar-refractivity contribution >= 4 is 17.5 Å². The van der Waals surface area contributed by atoms with Crippen molar-refractivity contribution in [2.24, 2.45) is 0 Å². The van der Waals surface area contributed by atoms with Gasteiger partial charge in [-0.1, -0.05) is 6.07 Å². The maximum Gasteiger partial charge on any atom is 0.252 e. The molecule has 1 aromatic rings. The number of hydrogen-bond donors (Lipinski definition) is 2. The Bertz CT molecular complexity index is 534. The highest BCUT2D eigenvalue weighted by Gasteiger charge is 2.19. The first-order valence-corrected chi connectivity index (χ1v) is 6.91. The molecule has 5 heteroatoms. The first kappa shape index (κ1) is 14.4. The van der Waals surface area contributed by atoms with Gasteiger partial charge < -0.3 is 16.0 Å². The first-order chi connectivity index (χ1) is 9.49. The van der Waals surface area contributed by atoms with E-state index in [0.717, 1.165) is 37.1 Å². The molecule has 20 heavy (non-hydrogen) atoms. The monoisotopic (exact) mass is 275 g/mol. The van der Waals surface area contributed by atoms with E-state index < -0.39 is 0 Å². The van der Waals surface area contributed by atoms with Gasteiger partial charge >= 0.3 is 0 Å². The van der Waals surface area contributed by atoms with Crippen molar-refractivity contribution in [3.8, 4) is 0 Å². The molecule has 0 unspecified atom stereocenters. The van der Waals surface area contributed by atoms with Crippen LogP contribution in [0.5, 0.6) is 0 Å². The third-order valence-electron chi connectivity index (χ3n) is 3.72. The molecule has 2 amide bonds. The van der Waals surface area contributed by atoms with Crippen LogP contribution in [0.25, 0.3) is 0 Å². The smallest absolute Gasteiger partial charge is 0.252 e. The number of nitrogens with zero attached hydrogens (tertiary/aromatic N) is 1. The minimum Gasteiger partial charge on any atom is -0.398 e. The highest BCUT2D eigenvalue weighted by molar-refractivity contribution is 5.98. The molecule has 0 radical (unpaired) electrons. The van der Waals surface area contributed by atoms with Gasteiger partial charge in [0, 0.05) is 24.3 Å². The van der Waals surface area contributed by atoms with Crippen LogP contribution in [0.1, 0.15) is 34.3 Å². The van der Waals surface area contributed by atoms with Crippen LogP contribution in [0.15, 0.2) is 12.1 Å². The summed E-state index contributed by atoms with van der Waals surface area (Å²) in [5, 5.41) is 2.68. The molecule has 1 aliphatic heterocycles. The lowest BCUT2D eigenvalue weighted by molar-refractivity contribution is -0.129. The molecular formula is C15H21N3O2. The van der Waals surface area contributed by atoms with Gasteiger partial charge in [-0.3, -0.25) is 9.59 Å². The predicted octanol–water partition coefficient (Wildman–Crippen LogP) is 1.24. The summed E-state index contributed by atoms with van der Waals surface area (Å²) in [6.07, 6.45) is 2.10. The zero-order valence-electron chi connectivity index (χ0n) is 12.0. The van der Waals surface area contributed by atoms with Crippen molar-refractivity contribution < 1.29 is 9.59 Å². The number of amides is 2. The summed E-state index contributed by atoms with van der Waals surface area (Å²) < 4.78 is 0. The Morgan fingerprint density at radius 2 is 1.85 bits per heavy atom. The Morgan fingerprint density at radius 3 is 2.50 bits per heavy atom. The van der Waals surface area contributed by atoms with E-state index >= 15 is 0 Å². The maximum atomic E-state index is 12.1. The summed E-state index contributed by atoms with van der Waals surface area (Å²) >= 11 is 0. The van der Waals surface area contributed by atoms with E-state index in [-0.39, 0.29) is 18.4 Å². The van der Waals surface area contributed by atoms with Crippen LogP contribution in [0.4, 0.5) is 5.69 Å². The fourth-order valence-corrected chi connectivity index (χ4v) is 2.44. The quantitative estimate of drug-likeness (QED) is 0.815. The number of likely N-dealkylation sites (tertiary alicyclic amines) is 1.